The fourth-order valence-corrected chi connectivity index (χ4v) is 7.41. The summed E-state index contributed by atoms with van der Waals surface area (Å²) in [4.78, 5) is 37.0. The van der Waals surface area contributed by atoms with Gasteiger partial charge in [0, 0.05) is 19.3 Å². The van der Waals surface area contributed by atoms with Crippen LogP contribution in [0.5, 0.6) is 0 Å². The third-order valence-electron chi connectivity index (χ3n) is 11.4. The number of unbranched alkanes of at least 4 members (excludes halogenated alkanes) is 22. The lowest BCUT2D eigenvalue weighted by Crippen LogP contribution is -2.55. The van der Waals surface area contributed by atoms with Crippen molar-refractivity contribution in [2.24, 2.45) is 0 Å². The molecule has 0 bridgehead atoms. The van der Waals surface area contributed by atoms with Crippen molar-refractivity contribution >= 4 is 17.9 Å². The van der Waals surface area contributed by atoms with Crippen molar-refractivity contribution in [3.8, 4) is 0 Å². The minimum absolute atomic E-state index is 0.0310. The molecule has 0 amide bonds. The molecule has 8 heteroatoms. The monoisotopic (exact) mass is 884 g/mol. The van der Waals surface area contributed by atoms with E-state index in [9.17, 15) is 19.5 Å². The maximum absolute atomic E-state index is 12.8. The Bertz CT molecular complexity index is 1210. The number of esters is 2. The normalized spacial score (nSPS) is 13.3. The van der Waals surface area contributed by atoms with Gasteiger partial charge >= 0.3 is 11.9 Å². The van der Waals surface area contributed by atoms with Crippen molar-refractivity contribution in [2.45, 2.75) is 231 Å². The molecule has 0 spiro atoms. The number of quaternary nitrogens is 1. The van der Waals surface area contributed by atoms with Gasteiger partial charge < -0.3 is 28.6 Å². The molecule has 0 aromatic heterocycles. The van der Waals surface area contributed by atoms with Gasteiger partial charge in [-0.1, -0.05) is 184 Å². The van der Waals surface area contributed by atoms with Crippen LogP contribution in [-0.4, -0.2) is 75.5 Å². The fourth-order valence-electron chi connectivity index (χ4n) is 7.41. The first-order valence-corrected chi connectivity index (χ1v) is 25.8. The van der Waals surface area contributed by atoms with Crippen molar-refractivity contribution < 1.29 is 38.2 Å². The molecule has 0 aliphatic heterocycles. The molecule has 0 aliphatic rings. The second-order valence-electron chi connectivity index (χ2n) is 18.4. The number of hydrogen-bond acceptors (Lipinski definition) is 7. The molecule has 0 saturated heterocycles. The van der Waals surface area contributed by atoms with Crippen molar-refractivity contribution in [1.29, 1.82) is 0 Å². The van der Waals surface area contributed by atoms with Gasteiger partial charge in [0.25, 0.3) is 0 Å². The third-order valence-corrected chi connectivity index (χ3v) is 11.4. The highest BCUT2D eigenvalue weighted by atomic mass is 16.6. The second kappa shape index (κ2) is 45.6. The molecule has 0 fully saturated rings. The van der Waals surface area contributed by atoms with Crippen LogP contribution in [0.4, 0.5) is 0 Å². The van der Waals surface area contributed by atoms with Gasteiger partial charge in [-0.05, 0) is 77.0 Å². The molecule has 0 rings (SSSR count). The van der Waals surface area contributed by atoms with E-state index in [1.54, 1.807) is 21.1 Å². The smallest absolute Gasteiger partial charge is 0.306 e. The molecular formula is C55H97NO7. The largest absolute Gasteiger partial charge is 0.544 e. The lowest BCUT2D eigenvalue weighted by molar-refractivity contribution is -0.889. The van der Waals surface area contributed by atoms with Crippen LogP contribution in [0, 0.1) is 0 Å². The minimum atomic E-state index is -1.13. The van der Waals surface area contributed by atoms with Gasteiger partial charge in [0.1, 0.15) is 12.6 Å². The predicted octanol–water partition coefficient (Wildman–Crippen LogP) is 13.6. The van der Waals surface area contributed by atoms with Crippen LogP contribution in [0.15, 0.2) is 60.8 Å². The number of hydrogen-bond donors (Lipinski definition) is 0. The summed E-state index contributed by atoms with van der Waals surface area (Å²) in [5.41, 5.74) is 0. The highest BCUT2D eigenvalue weighted by Crippen LogP contribution is 2.14. The second-order valence-corrected chi connectivity index (χ2v) is 18.4. The van der Waals surface area contributed by atoms with Crippen molar-refractivity contribution in [3.05, 3.63) is 60.8 Å². The van der Waals surface area contributed by atoms with E-state index in [1.807, 2.05) is 0 Å². The maximum Gasteiger partial charge on any atom is 0.306 e. The quantitative estimate of drug-likeness (QED) is 0.0260. The highest BCUT2D eigenvalue weighted by molar-refractivity contribution is 5.70. The van der Waals surface area contributed by atoms with Crippen LogP contribution < -0.4 is 5.11 Å². The number of aliphatic carboxylic acids is 1. The summed E-state index contributed by atoms with van der Waals surface area (Å²) < 4.78 is 17.2. The van der Waals surface area contributed by atoms with Gasteiger partial charge in [-0.3, -0.25) is 9.59 Å². The zero-order valence-electron chi connectivity index (χ0n) is 41.5. The fraction of sp³-hybridized carbons (Fsp3) is 0.764. The molecule has 0 aromatic carbocycles. The zero-order chi connectivity index (χ0) is 46.3. The number of carboxylic acid groups (broad SMARTS) is 1. The van der Waals surface area contributed by atoms with Gasteiger partial charge in [-0.2, -0.15) is 0 Å². The molecule has 364 valence electrons. The molecule has 0 saturated carbocycles. The van der Waals surface area contributed by atoms with Crippen LogP contribution in [-0.2, 0) is 28.6 Å². The van der Waals surface area contributed by atoms with Crippen LogP contribution in [0.2, 0.25) is 0 Å². The Labute approximate surface area is 388 Å². The lowest BCUT2D eigenvalue weighted by Gasteiger charge is -2.34. The Kier molecular flexibility index (Phi) is 43.4. The third kappa shape index (κ3) is 44.0. The summed E-state index contributed by atoms with van der Waals surface area (Å²) in [6.07, 6.45) is 56.8. The van der Waals surface area contributed by atoms with Crippen molar-refractivity contribution in [1.82, 2.24) is 0 Å². The summed E-state index contributed by atoms with van der Waals surface area (Å²) >= 11 is 0. The standard InChI is InChI=1S/C55H97NO7/c1-6-8-10-12-14-16-18-20-22-24-25-26-27-28-29-30-32-33-35-37-39-41-43-45-53(57)62-50-51(49-61-48-47-52(55(59)60)56(3,4)5)63-54(58)46-44-42-40-38-36-34-31-23-21-19-17-15-13-11-9-7-2/h9,11,15,17,21,23,25-26,28-29,51-52H,6-8,10,12-14,16,18-20,22,24,27,30-50H2,1-5H3/b11-9+,17-15+,23-21+,26-25+,29-28+. The number of carboxylic acids is 1. The summed E-state index contributed by atoms with van der Waals surface area (Å²) in [5, 5.41) is 11.7. The number of allylic oxidation sites excluding steroid dienone is 10. The number of carbonyl (C=O) groups is 3. The molecule has 63 heavy (non-hydrogen) atoms. The first-order chi connectivity index (χ1) is 30.6. The van der Waals surface area contributed by atoms with Crippen LogP contribution in [0.25, 0.3) is 0 Å². The van der Waals surface area contributed by atoms with E-state index >= 15 is 0 Å². The van der Waals surface area contributed by atoms with Gasteiger partial charge in [-0.25, -0.2) is 0 Å². The molecule has 0 aromatic rings. The topological polar surface area (TPSA) is 102 Å². The lowest BCUT2D eigenvalue weighted by atomic mass is 10.1. The summed E-state index contributed by atoms with van der Waals surface area (Å²) in [7, 11) is 5.40. The Morgan fingerprint density at radius 2 is 0.889 bits per heavy atom. The Hall–Kier alpha value is -2.97. The molecule has 0 aliphatic carbocycles. The maximum atomic E-state index is 12.8. The molecule has 0 heterocycles. The summed E-state index contributed by atoms with van der Waals surface area (Å²) in [6, 6.07) is -0.732. The van der Waals surface area contributed by atoms with E-state index in [0.29, 0.717) is 12.8 Å². The molecular weight excluding hydrogens is 787 g/mol. The van der Waals surface area contributed by atoms with Gasteiger partial charge in [0.05, 0.1) is 40.3 Å². The van der Waals surface area contributed by atoms with Crippen LogP contribution in [0.1, 0.15) is 219 Å². The minimum Gasteiger partial charge on any atom is -0.544 e. The van der Waals surface area contributed by atoms with Crippen LogP contribution in [0.3, 0.4) is 0 Å². The zero-order valence-corrected chi connectivity index (χ0v) is 41.5. The SMILES string of the molecule is CC/C=C/C/C=C/C/C=C/CCCCCCCCC(=O)OC(COCCC(C(=O)[O-])[N+](C)(C)C)COC(=O)CCCCCCCCC/C=C/C/C=C/CCCCCCCCCCC. The predicted molar refractivity (Wildman–Crippen MR) is 263 cm³/mol. The average Bonchev–Trinajstić information content (AvgIpc) is 3.24. The van der Waals surface area contributed by atoms with E-state index < -0.39 is 18.1 Å². The molecule has 0 N–H and O–H groups in total. The van der Waals surface area contributed by atoms with Gasteiger partial charge in [-0.15, -0.1) is 0 Å². The van der Waals surface area contributed by atoms with E-state index in [2.05, 4.69) is 74.6 Å². The Morgan fingerprint density at radius 1 is 0.492 bits per heavy atom. The first kappa shape index (κ1) is 60.0. The Morgan fingerprint density at radius 3 is 1.32 bits per heavy atom. The van der Waals surface area contributed by atoms with Crippen molar-refractivity contribution in [3.63, 3.8) is 0 Å². The van der Waals surface area contributed by atoms with E-state index in [0.717, 1.165) is 83.5 Å². The summed E-state index contributed by atoms with van der Waals surface area (Å²) in [6.45, 7) is 4.54. The highest BCUT2D eigenvalue weighted by Gasteiger charge is 2.25. The Balaban J connectivity index is 4.25. The molecule has 0 radical (unpaired) electrons. The first-order valence-electron chi connectivity index (χ1n) is 25.8. The average molecular weight is 884 g/mol. The van der Waals surface area contributed by atoms with Gasteiger partial charge in [0.2, 0.25) is 0 Å². The van der Waals surface area contributed by atoms with E-state index in [4.69, 9.17) is 14.2 Å². The van der Waals surface area contributed by atoms with Crippen molar-refractivity contribution in [2.75, 3.05) is 41.0 Å². The molecule has 8 nitrogen and oxygen atoms in total. The van der Waals surface area contributed by atoms with E-state index in [1.165, 1.54) is 103 Å². The number of rotatable bonds is 46. The van der Waals surface area contributed by atoms with E-state index in [-0.39, 0.29) is 42.7 Å². The molecule has 2 unspecified atom stereocenters. The van der Waals surface area contributed by atoms with Crippen LogP contribution >= 0.6 is 0 Å². The summed E-state index contributed by atoms with van der Waals surface area (Å²) in [5.74, 6) is -1.76. The number of ether oxygens (including phenoxy) is 3. The number of carbonyl (C=O) groups excluding carboxylic acids is 3. The number of nitrogens with zero attached hydrogens (tertiary/aromatic N) is 1. The van der Waals surface area contributed by atoms with Gasteiger partial charge in [0.15, 0.2) is 6.10 Å². The number of likely N-dealkylation sites (N-methyl/N-ethyl adjacent to an activating group) is 1. The molecule has 2 atom stereocenters.